The van der Waals surface area contributed by atoms with E-state index in [-0.39, 0.29) is 11.8 Å². The van der Waals surface area contributed by atoms with Gasteiger partial charge >= 0.3 is 0 Å². The van der Waals surface area contributed by atoms with Gasteiger partial charge in [-0.2, -0.15) is 0 Å². The molecule has 1 aliphatic carbocycles. The molecule has 4 nitrogen and oxygen atoms in total. The predicted molar refractivity (Wildman–Crippen MR) is 66.4 cm³/mol. The van der Waals surface area contributed by atoms with Crippen molar-refractivity contribution in [2.75, 3.05) is 11.4 Å². The van der Waals surface area contributed by atoms with Gasteiger partial charge in [0.05, 0.1) is 5.56 Å². The zero-order chi connectivity index (χ0) is 12.0. The van der Waals surface area contributed by atoms with Crippen LogP contribution in [0.1, 0.15) is 40.1 Å². The summed E-state index contributed by atoms with van der Waals surface area (Å²) in [6.45, 7) is 0.721. The molecule has 2 aliphatic rings. The van der Waals surface area contributed by atoms with E-state index in [2.05, 4.69) is 0 Å². The lowest BCUT2D eigenvalue weighted by molar-refractivity contribution is -0.122. The van der Waals surface area contributed by atoms with Crippen LogP contribution in [0.5, 0.6) is 0 Å². The van der Waals surface area contributed by atoms with Gasteiger partial charge < -0.3 is 10.6 Å². The van der Waals surface area contributed by atoms with Gasteiger partial charge in [-0.3, -0.25) is 9.59 Å². The van der Waals surface area contributed by atoms with Gasteiger partial charge in [-0.05, 0) is 31.2 Å². The Balaban J connectivity index is 2.10. The second-order valence-corrected chi connectivity index (χ2v) is 5.63. The number of nitrogens with zero attached hydrogens (tertiary/aromatic N) is 1. The van der Waals surface area contributed by atoms with Crippen LogP contribution in [0.2, 0.25) is 0 Å². The highest BCUT2D eigenvalue weighted by Crippen LogP contribution is 2.41. The van der Waals surface area contributed by atoms with E-state index in [0.29, 0.717) is 12.0 Å². The number of hydrogen-bond acceptors (Lipinski definition) is 3. The molecule has 90 valence electrons. The summed E-state index contributed by atoms with van der Waals surface area (Å²) in [4.78, 5) is 26.0. The third-order valence-electron chi connectivity index (χ3n) is 3.49. The van der Waals surface area contributed by atoms with Crippen molar-refractivity contribution in [2.24, 2.45) is 5.73 Å². The van der Waals surface area contributed by atoms with Gasteiger partial charge in [0.15, 0.2) is 0 Å². The van der Waals surface area contributed by atoms with Crippen LogP contribution in [-0.2, 0) is 17.6 Å². The largest absolute Gasteiger partial charge is 0.365 e. The van der Waals surface area contributed by atoms with Gasteiger partial charge in [0.25, 0.3) is 5.91 Å². The number of thiophene rings is 1. The average molecular weight is 250 g/mol. The van der Waals surface area contributed by atoms with Crippen LogP contribution in [0, 0.1) is 0 Å². The van der Waals surface area contributed by atoms with E-state index in [1.54, 1.807) is 16.2 Å². The van der Waals surface area contributed by atoms with E-state index < -0.39 is 0 Å². The number of β-lactam (4-membered cyclic amide) rings is 1. The molecule has 2 N–H and O–H groups in total. The molecule has 5 heteroatoms. The zero-order valence-corrected chi connectivity index (χ0v) is 10.3. The maximum absolute atomic E-state index is 11.6. The highest BCUT2D eigenvalue weighted by atomic mass is 32.1. The fourth-order valence-corrected chi connectivity index (χ4v) is 3.96. The fraction of sp³-hybridized carbons (Fsp3) is 0.500. The SMILES string of the molecule is NC(=O)c1c(N2CCC2=O)sc2c1CCCC2. The molecule has 0 unspecified atom stereocenters. The number of anilines is 1. The average Bonchev–Trinajstić information content (AvgIpc) is 2.65. The number of amides is 2. The van der Waals surface area contributed by atoms with Crippen LogP contribution in [0.25, 0.3) is 0 Å². The smallest absolute Gasteiger partial charge is 0.252 e. The molecule has 0 spiro atoms. The topological polar surface area (TPSA) is 63.4 Å². The van der Waals surface area contributed by atoms with Crippen LogP contribution in [0.15, 0.2) is 0 Å². The molecule has 0 aromatic carbocycles. The Hall–Kier alpha value is -1.36. The van der Waals surface area contributed by atoms with Crippen molar-refractivity contribution in [3.63, 3.8) is 0 Å². The summed E-state index contributed by atoms with van der Waals surface area (Å²) in [5, 5.41) is 0.792. The van der Waals surface area contributed by atoms with Gasteiger partial charge in [-0.1, -0.05) is 0 Å². The number of rotatable bonds is 2. The quantitative estimate of drug-likeness (QED) is 0.808. The number of hydrogen-bond donors (Lipinski definition) is 1. The van der Waals surface area contributed by atoms with E-state index in [1.165, 1.54) is 11.3 Å². The minimum Gasteiger partial charge on any atom is -0.365 e. The predicted octanol–water partition coefficient (Wildman–Crippen LogP) is 1.46. The Morgan fingerprint density at radius 2 is 2.00 bits per heavy atom. The molecule has 2 heterocycles. The Morgan fingerprint density at radius 3 is 2.59 bits per heavy atom. The zero-order valence-electron chi connectivity index (χ0n) is 9.49. The van der Waals surface area contributed by atoms with E-state index in [4.69, 9.17) is 5.73 Å². The summed E-state index contributed by atoms with van der Waals surface area (Å²) in [7, 11) is 0. The van der Waals surface area contributed by atoms with Crippen LogP contribution < -0.4 is 10.6 Å². The van der Waals surface area contributed by atoms with Gasteiger partial charge in [0.2, 0.25) is 5.91 Å². The van der Waals surface area contributed by atoms with Crippen LogP contribution >= 0.6 is 11.3 Å². The minimum absolute atomic E-state index is 0.103. The third kappa shape index (κ3) is 1.57. The highest BCUT2D eigenvalue weighted by molar-refractivity contribution is 7.17. The molecule has 2 amide bonds. The standard InChI is InChI=1S/C12H14N2O2S/c13-11(16)10-7-3-1-2-4-8(7)17-12(10)14-6-5-9(14)15/h1-6H2,(H2,13,16). The number of aryl methyl sites for hydroxylation is 1. The molecular weight excluding hydrogens is 236 g/mol. The van der Waals surface area contributed by atoms with E-state index in [9.17, 15) is 9.59 Å². The normalized spacial score (nSPS) is 18.8. The fourth-order valence-electron chi connectivity index (χ4n) is 2.53. The minimum atomic E-state index is -0.390. The second kappa shape index (κ2) is 3.84. The van der Waals surface area contributed by atoms with Gasteiger partial charge in [-0.15, -0.1) is 11.3 Å². The summed E-state index contributed by atoms with van der Waals surface area (Å²) in [5.41, 5.74) is 7.18. The monoisotopic (exact) mass is 250 g/mol. The molecule has 0 saturated carbocycles. The van der Waals surface area contributed by atoms with Crippen molar-refractivity contribution in [2.45, 2.75) is 32.1 Å². The molecular formula is C12H14N2O2S. The van der Waals surface area contributed by atoms with E-state index in [0.717, 1.165) is 36.4 Å². The molecule has 0 bridgehead atoms. The van der Waals surface area contributed by atoms with E-state index >= 15 is 0 Å². The van der Waals surface area contributed by atoms with E-state index in [1.807, 2.05) is 0 Å². The summed E-state index contributed by atoms with van der Waals surface area (Å²) in [6.07, 6.45) is 4.80. The van der Waals surface area contributed by atoms with Crippen molar-refractivity contribution in [1.82, 2.24) is 0 Å². The summed E-state index contributed by atoms with van der Waals surface area (Å²) < 4.78 is 0. The molecule has 0 atom stereocenters. The van der Waals surface area contributed by atoms with Crippen LogP contribution in [0.3, 0.4) is 0 Å². The Labute approximate surface area is 103 Å². The van der Waals surface area contributed by atoms with Crippen LogP contribution in [0.4, 0.5) is 5.00 Å². The number of carbonyl (C=O) groups excluding carboxylic acids is 2. The Morgan fingerprint density at radius 1 is 1.24 bits per heavy atom. The Kier molecular flexibility index (Phi) is 2.43. The van der Waals surface area contributed by atoms with Crippen molar-refractivity contribution in [3.05, 3.63) is 16.0 Å². The lowest BCUT2D eigenvalue weighted by Crippen LogP contribution is -2.43. The van der Waals surface area contributed by atoms with Gasteiger partial charge in [-0.25, -0.2) is 0 Å². The van der Waals surface area contributed by atoms with Crippen molar-refractivity contribution in [1.29, 1.82) is 0 Å². The lowest BCUT2D eigenvalue weighted by atomic mass is 9.95. The second-order valence-electron chi connectivity index (χ2n) is 4.55. The summed E-state index contributed by atoms with van der Waals surface area (Å²) in [5.74, 6) is -0.287. The molecule has 1 aliphatic heterocycles. The molecule has 1 aromatic rings. The van der Waals surface area contributed by atoms with Gasteiger partial charge in [0.1, 0.15) is 5.00 Å². The molecule has 3 rings (SSSR count). The molecule has 0 radical (unpaired) electrons. The first-order valence-corrected chi connectivity index (χ1v) is 6.75. The summed E-state index contributed by atoms with van der Waals surface area (Å²) in [6, 6.07) is 0. The Bertz CT molecular complexity index is 507. The van der Waals surface area contributed by atoms with Gasteiger partial charge in [0, 0.05) is 17.8 Å². The third-order valence-corrected chi connectivity index (χ3v) is 4.81. The maximum atomic E-state index is 11.6. The number of primary amides is 1. The molecule has 1 saturated heterocycles. The highest BCUT2D eigenvalue weighted by Gasteiger charge is 2.33. The number of fused-ring (bicyclic) bond motifs is 1. The molecule has 1 aromatic heterocycles. The molecule has 1 fully saturated rings. The lowest BCUT2D eigenvalue weighted by Gasteiger charge is -2.29. The van der Waals surface area contributed by atoms with Crippen molar-refractivity contribution >= 4 is 28.2 Å². The van der Waals surface area contributed by atoms with Crippen molar-refractivity contribution in [3.8, 4) is 0 Å². The number of nitrogens with two attached hydrogens (primary N) is 1. The first kappa shape index (κ1) is 10.8. The maximum Gasteiger partial charge on any atom is 0.252 e. The number of carbonyl (C=O) groups is 2. The summed E-state index contributed by atoms with van der Waals surface area (Å²) >= 11 is 1.58. The van der Waals surface area contributed by atoms with Crippen LogP contribution in [-0.4, -0.2) is 18.4 Å². The molecule has 17 heavy (non-hydrogen) atoms. The first-order chi connectivity index (χ1) is 8.18. The van der Waals surface area contributed by atoms with Crippen molar-refractivity contribution < 1.29 is 9.59 Å². The first-order valence-electron chi connectivity index (χ1n) is 5.93.